The quantitative estimate of drug-likeness (QED) is 0.780. The van der Waals surface area contributed by atoms with Crippen LogP contribution in [0.5, 0.6) is 5.75 Å². The molecule has 1 aliphatic carbocycles. The molecule has 1 aliphatic heterocycles. The van der Waals surface area contributed by atoms with Crippen molar-refractivity contribution in [2.45, 2.75) is 49.7 Å². The van der Waals surface area contributed by atoms with E-state index in [1.54, 1.807) is 0 Å². The highest BCUT2D eigenvalue weighted by atomic mass is 35.5. The number of benzene rings is 1. The van der Waals surface area contributed by atoms with Crippen LogP contribution in [0.3, 0.4) is 0 Å². The van der Waals surface area contributed by atoms with E-state index >= 15 is 0 Å². The first-order chi connectivity index (χ1) is 9.62. The molecule has 2 nitrogen and oxygen atoms in total. The normalized spacial score (nSPS) is 24.4. The predicted molar refractivity (Wildman–Crippen MR) is 72.1 cm³/mol. The van der Waals surface area contributed by atoms with E-state index in [4.69, 9.17) is 21.1 Å². The van der Waals surface area contributed by atoms with E-state index in [0.29, 0.717) is 25.0 Å². The van der Waals surface area contributed by atoms with Crippen LogP contribution in [0.25, 0.3) is 0 Å². The van der Waals surface area contributed by atoms with E-state index in [1.165, 1.54) is 12.1 Å². The van der Waals surface area contributed by atoms with Gasteiger partial charge >= 0.3 is 0 Å². The minimum absolute atomic E-state index is 0.0779. The topological polar surface area (TPSA) is 18.5 Å². The van der Waals surface area contributed by atoms with E-state index in [9.17, 15) is 8.78 Å². The van der Waals surface area contributed by atoms with Gasteiger partial charge in [-0.1, -0.05) is 0 Å². The van der Waals surface area contributed by atoms with Crippen LogP contribution in [0.2, 0.25) is 0 Å². The van der Waals surface area contributed by atoms with Crippen molar-refractivity contribution >= 4 is 11.6 Å². The lowest BCUT2D eigenvalue weighted by molar-refractivity contribution is -0.154. The average Bonchev–Trinajstić information content (AvgIpc) is 2.41. The summed E-state index contributed by atoms with van der Waals surface area (Å²) in [5, 5.41) is 0. The molecule has 110 valence electrons. The SMILES string of the molecule is Fc1cc(CCl)cc(F)c1OC1CCOC2(CCC2)C1. The molecule has 0 bridgehead atoms. The van der Waals surface area contributed by atoms with Gasteiger partial charge in [0.15, 0.2) is 17.4 Å². The molecule has 0 aromatic heterocycles. The van der Waals surface area contributed by atoms with Crippen molar-refractivity contribution in [3.63, 3.8) is 0 Å². The molecule has 2 aliphatic rings. The zero-order valence-electron chi connectivity index (χ0n) is 11.1. The third-order valence-electron chi connectivity index (χ3n) is 4.21. The minimum Gasteiger partial charge on any atom is -0.484 e. The maximum Gasteiger partial charge on any atom is 0.191 e. The van der Waals surface area contributed by atoms with Crippen molar-refractivity contribution in [1.82, 2.24) is 0 Å². The Morgan fingerprint density at radius 3 is 2.55 bits per heavy atom. The lowest BCUT2D eigenvalue weighted by Crippen LogP contribution is -2.48. The molecule has 20 heavy (non-hydrogen) atoms. The van der Waals surface area contributed by atoms with Gasteiger partial charge in [0.2, 0.25) is 0 Å². The summed E-state index contributed by atoms with van der Waals surface area (Å²) in [5.41, 5.74) is 0.308. The van der Waals surface area contributed by atoms with Crippen LogP contribution >= 0.6 is 11.6 Å². The highest BCUT2D eigenvalue weighted by Crippen LogP contribution is 2.43. The molecule has 0 N–H and O–H groups in total. The van der Waals surface area contributed by atoms with Crippen LogP contribution in [-0.4, -0.2) is 18.3 Å². The van der Waals surface area contributed by atoms with E-state index in [-0.39, 0.29) is 23.3 Å². The van der Waals surface area contributed by atoms with Crippen molar-refractivity contribution in [2.75, 3.05) is 6.61 Å². The monoisotopic (exact) mass is 302 g/mol. The summed E-state index contributed by atoms with van der Waals surface area (Å²) in [6.07, 6.45) is 4.38. The van der Waals surface area contributed by atoms with Crippen LogP contribution in [0.4, 0.5) is 8.78 Å². The van der Waals surface area contributed by atoms with Crippen molar-refractivity contribution in [3.05, 3.63) is 29.3 Å². The zero-order chi connectivity index (χ0) is 14.2. The molecule has 1 heterocycles. The van der Waals surface area contributed by atoms with Crippen molar-refractivity contribution < 1.29 is 18.3 Å². The lowest BCUT2D eigenvalue weighted by Gasteiger charge is -2.46. The van der Waals surface area contributed by atoms with Crippen LogP contribution in [0, 0.1) is 11.6 Å². The Morgan fingerprint density at radius 2 is 2.00 bits per heavy atom. The average molecular weight is 303 g/mol. The summed E-state index contributed by atoms with van der Waals surface area (Å²) in [5.74, 6) is -1.58. The minimum atomic E-state index is -0.685. The molecule has 0 amide bonds. The van der Waals surface area contributed by atoms with Gasteiger partial charge in [-0.25, -0.2) is 8.78 Å². The molecule has 1 aromatic rings. The van der Waals surface area contributed by atoms with Crippen molar-refractivity contribution in [2.24, 2.45) is 0 Å². The molecule has 0 radical (unpaired) electrons. The van der Waals surface area contributed by atoms with Gasteiger partial charge in [0.1, 0.15) is 6.10 Å². The number of ether oxygens (including phenoxy) is 2. The predicted octanol–water partition coefficient (Wildman–Crippen LogP) is 4.18. The van der Waals surface area contributed by atoms with Crippen LogP contribution in [0.1, 0.15) is 37.7 Å². The van der Waals surface area contributed by atoms with Crippen molar-refractivity contribution in [3.8, 4) is 5.75 Å². The first kappa shape index (κ1) is 14.1. The Morgan fingerprint density at radius 1 is 1.30 bits per heavy atom. The lowest BCUT2D eigenvalue weighted by atomic mass is 9.74. The highest BCUT2D eigenvalue weighted by molar-refractivity contribution is 6.17. The Labute approximate surface area is 122 Å². The maximum atomic E-state index is 13.9. The number of rotatable bonds is 3. The number of hydrogen-bond donors (Lipinski definition) is 0. The van der Waals surface area contributed by atoms with Crippen LogP contribution in [0.15, 0.2) is 12.1 Å². The van der Waals surface area contributed by atoms with Gasteiger partial charge in [-0.05, 0) is 37.0 Å². The number of halogens is 3. The largest absolute Gasteiger partial charge is 0.484 e. The van der Waals surface area contributed by atoms with Gasteiger partial charge < -0.3 is 9.47 Å². The molecule has 1 spiro atoms. The first-order valence-electron chi connectivity index (χ1n) is 6.96. The van der Waals surface area contributed by atoms with E-state index in [0.717, 1.165) is 19.3 Å². The number of alkyl halides is 1. The molecule has 5 heteroatoms. The summed E-state index contributed by atoms with van der Waals surface area (Å²) in [6.45, 7) is 0.591. The summed E-state index contributed by atoms with van der Waals surface area (Å²) < 4.78 is 39.1. The van der Waals surface area contributed by atoms with Crippen LogP contribution < -0.4 is 4.74 Å². The van der Waals surface area contributed by atoms with Gasteiger partial charge in [0, 0.05) is 18.7 Å². The fourth-order valence-corrected chi connectivity index (χ4v) is 3.13. The Balaban J connectivity index is 1.74. The molecular formula is C15H17ClF2O2. The molecule has 2 fully saturated rings. The van der Waals surface area contributed by atoms with Gasteiger partial charge in [-0.2, -0.15) is 0 Å². The van der Waals surface area contributed by atoms with Crippen LogP contribution in [-0.2, 0) is 10.6 Å². The zero-order valence-corrected chi connectivity index (χ0v) is 11.9. The number of hydrogen-bond acceptors (Lipinski definition) is 2. The summed E-state index contributed by atoms with van der Waals surface area (Å²) in [6, 6.07) is 2.45. The maximum absolute atomic E-state index is 13.9. The standard InChI is InChI=1S/C15H17ClF2O2/c16-9-10-6-12(17)14(13(18)7-10)20-11-2-5-19-15(8-11)3-1-4-15/h6-7,11H,1-5,8-9H2. The molecular weight excluding hydrogens is 286 g/mol. The third-order valence-corrected chi connectivity index (χ3v) is 4.52. The molecule has 1 saturated heterocycles. The Bertz CT molecular complexity index is 480. The highest BCUT2D eigenvalue weighted by Gasteiger charge is 2.43. The second-order valence-electron chi connectivity index (χ2n) is 5.64. The van der Waals surface area contributed by atoms with Gasteiger partial charge in [-0.3, -0.25) is 0 Å². The molecule has 1 atom stereocenters. The summed E-state index contributed by atoms with van der Waals surface area (Å²) >= 11 is 5.59. The van der Waals surface area contributed by atoms with Gasteiger partial charge in [0.25, 0.3) is 0 Å². The molecule has 3 rings (SSSR count). The van der Waals surface area contributed by atoms with E-state index in [1.807, 2.05) is 0 Å². The smallest absolute Gasteiger partial charge is 0.191 e. The van der Waals surface area contributed by atoms with Gasteiger partial charge in [0.05, 0.1) is 12.2 Å². The summed E-state index contributed by atoms with van der Waals surface area (Å²) in [7, 11) is 0. The molecule has 1 saturated carbocycles. The molecule has 1 unspecified atom stereocenters. The summed E-state index contributed by atoms with van der Waals surface area (Å²) in [4.78, 5) is 0. The second-order valence-corrected chi connectivity index (χ2v) is 5.91. The van der Waals surface area contributed by atoms with E-state index < -0.39 is 11.6 Å². The molecule has 1 aromatic carbocycles. The fourth-order valence-electron chi connectivity index (χ4n) is 2.97. The fraction of sp³-hybridized carbons (Fsp3) is 0.600. The second kappa shape index (κ2) is 5.49. The Hall–Kier alpha value is -0.870. The Kier molecular flexibility index (Phi) is 3.87. The van der Waals surface area contributed by atoms with Gasteiger partial charge in [-0.15, -0.1) is 11.6 Å². The third kappa shape index (κ3) is 2.63. The first-order valence-corrected chi connectivity index (χ1v) is 7.50. The van der Waals surface area contributed by atoms with Crippen molar-refractivity contribution in [1.29, 1.82) is 0 Å². The van der Waals surface area contributed by atoms with E-state index in [2.05, 4.69) is 0 Å².